The summed E-state index contributed by atoms with van der Waals surface area (Å²) in [5.41, 5.74) is 5.19. The van der Waals surface area contributed by atoms with Crippen LogP contribution in [0.25, 0.3) is 0 Å². The number of hydrogen-bond donors (Lipinski definition) is 2. The molecule has 6 heteroatoms. The Morgan fingerprint density at radius 1 is 1.73 bits per heavy atom. The van der Waals surface area contributed by atoms with E-state index in [1.807, 2.05) is 0 Å². The summed E-state index contributed by atoms with van der Waals surface area (Å²) in [5.74, 6) is -0.392. The molecule has 0 atom stereocenters. The third kappa shape index (κ3) is 4.28. The minimum atomic E-state index is -0.392. The van der Waals surface area contributed by atoms with Crippen LogP contribution in [0.1, 0.15) is 0 Å². The Morgan fingerprint density at radius 3 is 3.27 bits per heavy atom. The van der Waals surface area contributed by atoms with Gasteiger partial charge in [-0.25, -0.2) is 5.48 Å². The summed E-state index contributed by atoms with van der Waals surface area (Å²) >= 11 is 0. The van der Waals surface area contributed by atoms with Crippen molar-refractivity contribution >= 4 is 11.6 Å². The van der Waals surface area contributed by atoms with Crippen LogP contribution in [0.3, 0.4) is 0 Å². The van der Waals surface area contributed by atoms with E-state index in [9.17, 15) is 4.79 Å². The Balaban J connectivity index is 2.15. The number of amides is 1. The number of nitrogens with zero attached hydrogens (tertiary/aromatic N) is 1. The van der Waals surface area contributed by atoms with Crippen LogP contribution >= 0.6 is 0 Å². The van der Waals surface area contributed by atoms with Crippen molar-refractivity contribution in [2.45, 2.75) is 0 Å². The fourth-order valence-corrected chi connectivity index (χ4v) is 0.860. The van der Waals surface area contributed by atoms with Gasteiger partial charge in [0.2, 0.25) is 0 Å². The van der Waals surface area contributed by atoms with E-state index in [0.29, 0.717) is 13.2 Å². The first-order valence-corrected chi connectivity index (χ1v) is 4.46. The summed E-state index contributed by atoms with van der Waals surface area (Å²) in [5, 5.41) is 3.78. The SMILES string of the molecule is C=COCCONC(=O)C1=NNCC=C1. The molecule has 1 rings (SSSR count). The van der Waals surface area contributed by atoms with E-state index in [0.717, 1.165) is 0 Å². The molecular formula is C9H13N3O3. The highest BCUT2D eigenvalue weighted by molar-refractivity contribution is 6.43. The molecular weight excluding hydrogens is 198 g/mol. The summed E-state index contributed by atoms with van der Waals surface area (Å²) in [4.78, 5) is 16.1. The second-order valence-electron chi connectivity index (χ2n) is 2.58. The van der Waals surface area contributed by atoms with Gasteiger partial charge in [0.05, 0.1) is 12.8 Å². The Bertz CT molecular complexity index is 286. The van der Waals surface area contributed by atoms with Gasteiger partial charge < -0.3 is 10.2 Å². The van der Waals surface area contributed by atoms with Crippen LogP contribution < -0.4 is 10.9 Å². The zero-order valence-corrected chi connectivity index (χ0v) is 8.23. The molecule has 0 bridgehead atoms. The molecule has 0 radical (unpaired) electrons. The van der Waals surface area contributed by atoms with Crippen LogP contribution in [-0.4, -0.2) is 31.4 Å². The summed E-state index contributed by atoms with van der Waals surface area (Å²) < 4.78 is 4.79. The molecule has 0 fully saturated rings. The molecule has 0 saturated heterocycles. The maximum absolute atomic E-state index is 11.3. The molecule has 2 N–H and O–H groups in total. The third-order valence-corrected chi connectivity index (χ3v) is 1.50. The summed E-state index contributed by atoms with van der Waals surface area (Å²) in [6, 6.07) is 0. The van der Waals surface area contributed by atoms with Gasteiger partial charge in [0.15, 0.2) is 0 Å². The Labute approximate surface area is 87.6 Å². The lowest BCUT2D eigenvalue weighted by atomic mass is 10.3. The number of hydrazone groups is 1. The van der Waals surface area contributed by atoms with E-state index in [1.54, 1.807) is 12.2 Å². The van der Waals surface area contributed by atoms with Gasteiger partial charge in [-0.05, 0) is 6.08 Å². The van der Waals surface area contributed by atoms with Crippen molar-refractivity contribution in [1.82, 2.24) is 10.9 Å². The number of carbonyl (C=O) groups is 1. The van der Waals surface area contributed by atoms with Crippen molar-refractivity contribution in [3.05, 3.63) is 25.0 Å². The minimum Gasteiger partial charge on any atom is -0.499 e. The molecule has 1 aliphatic rings. The topological polar surface area (TPSA) is 72.0 Å². The van der Waals surface area contributed by atoms with Crippen molar-refractivity contribution in [2.75, 3.05) is 19.8 Å². The fraction of sp³-hybridized carbons (Fsp3) is 0.333. The molecule has 0 aliphatic carbocycles. The molecule has 82 valence electrons. The highest BCUT2D eigenvalue weighted by Gasteiger charge is 2.09. The predicted octanol–water partition coefficient (Wildman–Crippen LogP) is -0.290. The van der Waals surface area contributed by atoms with Crippen LogP contribution in [0.5, 0.6) is 0 Å². The third-order valence-electron chi connectivity index (χ3n) is 1.50. The molecule has 1 amide bonds. The number of hydrogen-bond acceptors (Lipinski definition) is 5. The first-order chi connectivity index (χ1) is 7.34. The number of ether oxygens (including phenoxy) is 1. The average Bonchev–Trinajstić information content (AvgIpc) is 2.30. The van der Waals surface area contributed by atoms with E-state index < -0.39 is 5.91 Å². The zero-order valence-electron chi connectivity index (χ0n) is 8.23. The molecule has 0 aromatic heterocycles. The average molecular weight is 211 g/mol. The molecule has 0 spiro atoms. The largest absolute Gasteiger partial charge is 0.499 e. The summed E-state index contributed by atoms with van der Waals surface area (Å²) in [6.45, 7) is 4.58. The summed E-state index contributed by atoms with van der Waals surface area (Å²) in [7, 11) is 0. The second-order valence-corrected chi connectivity index (χ2v) is 2.58. The normalized spacial score (nSPS) is 13.7. The zero-order chi connectivity index (χ0) is 10.9. The first kappa shape index (κ1) is 11.3. The Morgan fingerprint density at radius 2 is 2.60 bits per heavy atom. The van der Waals surface area contributed by atoms with E-state index >= 15 is 0 Å². The molecule has 0 aromatic carbocycles. The number of rotatable bonds is 6. The lowest BCUT2D eigenvalue weighted by Crippen LogP contribution is -2.33. The number of hydroxylamine groups is 1. The molecule has 0 aromatic rings. The van der Waals surface area contributed by atoms with E-state index in [4.69, 9.17) is 9.57 Å². The van der Waals surface area contributed by atoms with Crippen LogP contribution in [0.2, 0.25) is 0 Å². The maximum atomic E-state index is 11.3. The van der Waals surface area contributed by atoms with Gasteiger partial charge in [0.25, 0.3) is 5.91 Å². The molecule has 1 heterocycles. The first-order valence-electron chi connectivity index (χ1n) is 4.46. The van der Waals surface area contributed by atoms with Crippen LogP contribution in [0, 0.1) is 0 Å². The van der Waals surface area contributed by atoms with E-state index in [-0.39, 0.29) is 12.3 Å². The second kappa shape index (κ2) is 6.61. The fourth-order valence-electron chi connectivity index (χ4n) is 0.860. The minimum absolute atomic E-state index is 0.252. The number of nitrogens with one attached hydrogen (secondary N) is 2. The van der Waals surface area contributed by atoms with Crippen LogP contribution in [0.15, 0.2) is 30.1 Å². The standard InChI is InChI=1S/C9H13N3O3/c1-2-14-6-7-15-12-9(13)8-4-3-5-10-11-8/h2-4,10H,1,5-7H2,(H,12,13). The highest BCUT2D eigenvalue weighted by Crippen LogP contribution is 1.88. The molecule has 0 unspecified atom stereocenters. The van der Waals surface area contributed by atoms with Gasteiger partial charge in [0, 0.05) is 0 Å². The van der Waals surface area contributed by atoms with Crippen molar-refractivity contribution in [1.29, 1.82) is 0 Å². The number of carbonyl (C=O) groups excluding carboxylic acids is 1. The Hall–Kier alpha value is -1.82. The van der Waals surface area contributed by atoms with Gasteiger partial charge in [0.1, 0.15) is 18.9 Å². The lowest BCUT2D eigenvalue weighted by Gasteiger charge is -2.08. The van der Waals surface area contributed by atoms with Gasteiger partial charge >= 0.3 is 0 Å². The molecule has 1 aliphatic heterocycles. The summed E-state index contributed by atoms with van der Waals surface area (Å²) in [6.07, 6.45) is 4.72. The van der Waals surface area contributed by atoms with Gasteiger partial charge in [-0.1, -0.05) is 12.7 Å². The smallest absolute Gasteiger partial charge is 0.295 e. The van der Waals surface area contributed by atoms with Crippen LogP contribution in [-0.2, 0) is 14.4 Å². The Kier molecular flexibility index (Phi) is 4.96. The van der Waals surface area contributed by atoms with E-state index in [2.05, 4.69) is 22.6 Å². The van der Waals surface area contributed by atoms with Crippen molar-refractivity contribution < 1.29 is 14.4 Å². The highest BCUT2D eigenvalue weighted by atomic mass is 16.7. The molecule has 6 nitrogen and oxygen atoms in total. The quantitative estimate of drug-likeness (QED) is 0.360. The molecule has 15 heavy (non-hydrogen) atoms. The van der Waals surface area contributed by atoms with E-state index in [1.165, 1.54) is 6.26 Å². The van der Waals surface area contributed by atoms with Crippen molar-refractivity contribution in [2.24, 2.45) is 5.10 Å². The molecule has 0 saturated carbocycles. The van der Waals surface area contributed by atoms with Gasteiger partial charge in [-0.3, -0.25) is 9.63 Å². The predicted molar refractivity (Wildman–Crippen MR) is 54.8 cm³/mol. The van der Waals surface area contributed by atoms with Crippen LogP contribution in [0.4, 0.5) is 0 Å². The monoisotopic (exact) mass is 211 g/mol. The van der Waals surface area contributed by atoms with Gasteiger partial charge in [-0.2, -0.15) is 5.10 Å². The lowest BCUT2D eigenvalue weighted by molar-refractivity contribution is -0.127. The maximum Gasteiger partial charge on any atom is 0.295 e. The van der Waals surface area contributed by atoms with Crippen molar-refractivity contribution in [3.8, 4) is 0 Å². The van der Waals surface area contributed by atoms with Crippen molar-refractivity contribution in [3.63, 3.8) is 0 Å². The van der Waals surface area contributed by atoms with Gasteiger partial charge in [-0.15, -0.1) is 0 Å².